The van der Waals surface area contributed by atoms with Gasteiger partial charge in [-0.25, -0.2) is 9.97 Å². The summed E-state index contributed by atoms with van der Waals surface area (Å²) in [4.78, 5) is 21.3. The summed E-state index contributed by atoms with van der Waals surface area (Å²) < 4.78 is 0. The van der Waals surface area contributed by atoms with E-state index in [4.69, 9.17) is 11.6 Å². The van der Waals surface area contributed by atoms with E-state index in [1.807, 2.05) is 60.7 Å². The second-order valence-corrected chi connectivity index (χ2v) is 6.78. The first kappa shape index (κ1) is 19.1. The summed E-state index contributed by atoms with van der Waals surface area (Å²) in [5.74, 6) is 0.263. The molecule has 0 bridgehead atoms. The predicted molar refractivity (Wildman–Crippen MR) is 111 cm³/mol. The van der Waals surface area contributed by atoms with Crippen LogP contribution in [0.3, 0.4) is 0 Å². The standard InChI is InChI=1S/C22H22ClN3O/c1-2-3-5-10-21(27)26-22-24-19(16-8-6-4-7-9-16)15-20(25-22)17-11-13-18(23)14-12-17/h4,6-9,11-15H,2-3,5,10H2,1H3,(H,24,25,26,27). The molecule has 27 heavy (non-hydrogen) atoms. The van der Waals surface area contributed by atoms with Gasteiger partial charge in [-0.15, -0.1) is 0 Å². The molecule has 5 heteroatoms. The van der Waals surface area contributed by atoms with Crippen LogP contribution in [0.4, 0.5) is 5.95 Å². The molecule has 1 N–H and O–H groups in total. The van der Waals surface area contributed by atoms with Gasteiger partial charge in [0.05, 0.1) is 11.4 Å². The molecule has 1 amide bonds. The third kappa shape index (κ3) is 5.38. The Kier molecular flexibility index (Phi) is 6.55. The maximum absolute atomic E-state index is 12.2. The molecule has 0 unspecified atom stereocenters. The summed E-state index contributed by atoms with van der Waals surface area (Å²) in [5.41, 5.74) is 3.39. The molecule has 3 rings (SSSR count). The first-order valence-corrected chi connectivity index (χ1v) is 9.54. The summed E-state index contributed by atoms with van der Waals surface area (Å²) in [6.45, 7) is 2.11. The molecule has 0 saturated carbocycles. The molecule has 0 aliphatic rings. The van der Waals surface area contributed by atoms with Gasteiger partial charge in [0.1, 0.15) is 0 Å². The zero-order valence-electron chi connectivity index (χ0n) is 15.3. The van der Waals surface area contributed by atoms with Gasteiger partial charge < -0.3 is 0 Å². The van der Waals surface area contributed by atoms with Crippen molar-refractivity contribution in [2.75, 3.05) is 5.32 Å². The number of unbranched alkanes of at least 4 members (excludes halogenated alkanes) is 2. The Morgan fingerprint density at radius 2 is 1.56 bits per heavy atom. The first-order valence-electron chi connectivity index (χ1n) is 9.16. The van der Waals surface area contributed by atoms with E-state index in [0.717, 1.165) is 41.8 Å². The van der Waals surface area contributed by atoms with Crippen molar-refractivity contribution >= 4 is 23.5 Å². The van der Waals surface area contributed by atoms with Gasteiger partial charge >= 0.3 is 0 Å². The molecule has 0 spiro atoms. The minimum Gasteiger partial charge on any atom is -0.294 e. The Hall–Kier alpha value is -2.72. The Bertz CT molecular complexity index is 895. The molecular weight excluding hydrogens is 358 g/mol. The van der Waals surface area contributed by atoms with Crippen LogP contribution < -0.4 is 5.32 Å². The van der Waals surface area contributed by atoms with Crippen molar-refractivity contribution < 1.29 is 4.79 Å². The van der Waals surface area contributed by atoms with Gasteiger partial charge in [-0.3, -0.25) is 10.1 Å². The summed E-state index contributed by atoms with van der Waals surface area (Å²) in [6.07, 6.45) is 3.45. The predicted octanol–water partition coefficient (Wildman–Crippen LogP) is 5.98. The van der Waals surface area contributed by atoms with E-state index in [9.17, 15) is 4.79 Å². The summed E-state index contributed by atoms with van der Waals surface area (Å²) >= 11 is 6.00. The molecule has 0 aliphatic heterocycles. The van der Waals surface area contributed by atoms with Crippen LogP contribution in [0.1, 0.15) is 32.6 Å². The number of halogens is 1. The van der Waals surface area contributed by atoms with Gasteiger partial charge in [-0.05, 0) is 24.6 Å². The number of hydrogen-bond donors (Lipinski definition) is 1. The lowest BCUT2D eigenvalue weighted by atomic mass is 10.1. The number of hydrogen-bond acceptors (Lipinski definition) is 3. The molecule has 2 aromatic carbocycles. The molecule has 0 fully saturated rings. The van der Waals surface area contributed by atoms with Gasteiger partial charge in [0, 0.05) is 22.6 Å². The van der Waals surface area contributed by atoms with Crippen molar-refractivity contribution in [3.8, 4) is 22.5 Å². The number of rotatable bonds is 7. The van der Waals surface area contributed by atoms with Gasteiger partial charge in [0.2, 0.25) is 11.9 Å². The van der Waals surface area contributed by atoms with Crippen LogP contribution >= 0.6 is 11.6 Å². The lowest BCUT2D eigenvalue weighted by Crippen LogP contribution is -2.14. The van der Waals surface area contributed by atoms with Crippen LogP contribution in [0, 0.1) is 0 Å². The number of nitrogens with one attached hydrogen (secondary N) is 1. The second kappa shape index (κ2) is 9.28. The normalized spacial score (nSPS) is 10.6. The summed E-state index contributed by atoms with van der Waals surface area (Å²) in [6, 6.07) is 19.2. The van der Waals surface area contributed by atoms with Gasteiger partial charge in [-0.2, -0.15) is 0 Å². The van der Waals surface area contributed by atoms with E-state index in [1.54, 1.807) is 0 Å². The van der Waals surface area contributed by atoms with E-state index in [-0.39, 0.29) is 5.91 Å². The van der Waals surface area contributed by atoms with Crippen LogP contribution in [0.2, 0.25) is 5.02 Å². The lowest BCUT2D eigenvalue weighted by Gasteiger charge is -2.10. The van der Waals surface area contributed by atoms with Crippen LogP contribution in [0.5, 0.6) is 0 Å². The van der Waals surface area contributed by atoms with E-state index >= 15 is 0 Å². The van der Waals surface area contributed by atoms with E-state index in [1.165, 1.54) is 0 Å². The molecule has 4 nitrogen and oxygen atoms in total. The van der Waals surface area contributed by atoms with E-state index in [2.05, 4.69) is 22.2 Å². The first-order chi connectivity index (χ1) is 13.2. The number of anilines is 1. The van der Waals surface area contributed by atoms with Crippen molar-refractivity contribution in [2.24, 2.45) is 0 Å². The van der Waals surface area contributed by atoms with Crippen molar-refractivity contribution in [1.82, 2.24) is 9.97 Å². The van der Waals surface area contributed by atoms with Crippen LogP contribution in [-0.4, -0.2) is 15.9 Å². The molecule has 0 atom stereocenters. The molecule has 0 aliphatic carbocycles. The molecule has 1 aromatic heterocycles. The molecule has 3 aromatic rings. The number of aromatic nitrogens is 2. The number of benzene rings is 2. The average Bonchev–Trinajstić information content (AvgIpc) is 2.69. The van der Waals surface area contributed by atoms with Crippen molar-refractivity contribution in [3.63, 3.8) is 0 Å². The van der Waals surface area contributed by atoms with E-state index < -0.39 is 0 Å². The zero-order valence-corrected chi connectivity index (χ0v) is 16.0. The Morgan fingerprint density at radius 1 is 0.926 bits per heavy atom. The minimum atomic E-state index is -0.0595. The molecule has 138 valence electrons. The molecule has 0 saturated heterocycles. The van der Waals surface area contributed by atoms with Crippen molar-refractivity contribution in [3.05, 3.63) is 65.7 Å². The monoisotopic (exact) mass is 379 g/mol. The van der Waals surface area contributed by atoms with Crippen molar-refractivity contribution in [1.29, 1.82) is 0 Å². The third-order valence-electron chi connectivity index (χ3n) is 4.19. The van der Waals surface area contributed by atoms with Gasteiger partial charge in [0.25, 0.3) is 0 Å². The molecule has 0 radical (unpaired) electrons. The smallest absolute Gasteiger partial charge is 0.230 e. The third-order valence-corrected chi connectivity index (χ3v) is 4.45. The number of carbonyl (C=O) groups excluding carboxylic acids is 1. The largest absolute Gasteiger partial charge is 0.294 e. The Morgan fingerprint density at radius 3 is 2.19 bits per heavy atom. The van der Waals surface area contributed by atoms with Crippen molar-refractivity contribution in [2.45, 2.75) is 32.6 Å². The summed E-state index contributed by atoms with van der Waals surface area (Å²) in [7, 11) is 0. The topological polar surface area (TPSA) is 54.9 Å². The zero-order chi connectivity index (χ0) is 19.1. The quantitative estimate of drug-likeness (QED) is 0.513. The van der Waals surface area contributed by atoms with Crippen LogP contribution in [0.25, 0.3) is 22.5 Å². The van der Waals surface area contributed by atoms with Gasteiger partial charge in [-0.1, -0.05) is 73.8 Å². The highest BCUT2D eigenvalue weighted by Gasteiger charge is 2.11. The fourth-order valence-corrected chi connectivity index (χ4v) is 2.88. The lowest BCUT2D eigenvalue weighted by molar-refractivity contribution is -0.116. The maximum atomic E-state index is 12.2. The fourth-order valence-electron chi connectivity index (χ4n) is 2.75. The highest BCUT2D eigenvalue weighted by molar-refractivity contribution is 6.30. The second-order valence-electron chi connectivity index (χ2n) is 6.34. The van der Waals surface area contributed by atoms with Gasteiger partial charge in [0.15, 0.2) is 0 Å². The van der Waals surface area contributed by atoms with Crippen LogP contribution in [0.15, 0.2) is 60.7 Å². The average molecular weight is 380 g/mol. The Balaban J connectivity index is 1.93. The maximum Gasteiger partial charge on any atom is 0.230 e. The minimum absolute atomic E-state index is 0.0595. The number of carbonyl (C=O) groups is 1. The fraction of sp³-hybridized carbons (Fsp3) is 0.227. The Labute approximate surface area is 164 Å². The summed E-state index contributed by atoms with van der Waals surface area (Å²) in [5, 5.41) is 3.51. The van der Waals surface area contributed by atoms with Crippen LogP contribution in [-0.2, 0) is 4.79 Å². The highest BCUT2D eigenvalue weighted by atomic mass is 35.5. The molecule has 1 heterocycles. The number of amides is 1. The molecular formula is C22H22ClN3O. The number of nitrogens with zero attached hydrogens (tertiary/aromatic N) is 2. The highest BCUT2D eigenvalue weighted by Crippen LogP contribution is 2.26. The SMILES string of the molecule is CCCCCC(=O)Nc1nc(-c2ccccc2)cc(-c2ccc(Cl)cc2)n1. The van der Waals surface area contributed by atoms with E-state index in [0.29, 0.717) is 17.4 Å².